The lowest BCUT2D eigenvalue weighted by molar-refractivity contribution is 0.626. The van der Waals surface area contributed by atoms with E-state index in [1.807, 2.05) is 0 Å². The molecule has 66 valence electrons. The minimum atomic E-state index is -1.68. The summed E-state index contributed by atoms with van der Waals surface area (Å²) in [6.45, 7) is 0. The zero-order chi connectivity index (χ0) is 9.35. The summed E-state index contributed by atoms with van der Waals surface area (Å²) >= 11 is 22.2. The molecule has 1 aromatic rings. The van der Waals surface area contributed by atoms with Crippen molar-refractivity contribution in [1.29, 1.82) is 0 Å². The Bertz CT molecular complexity index is 292. The summed E-state index contributed by atoms with van der Waals surface area (Å²) < 4.78 is 11.0. The smallest absolute Gasteiger partial charge is 0.207 e. The van der Waals surface area contributed by atoms with Crippen LogP contribution in [0.15, 0.2) is 18.2 Å². The van der Waals surface area contributed by atoms with Crippen LogP contribution in [0.4, 0.5) is 4.39 Å². The summed E-state index contributed by atoms with van der Waals surface area (Å²) in [4.78, 5) is 0. The number of hydrogen-bond acceptors (Lipinski definition) is 0. The molecule has 1 rings (SSSR count). The van der Waals surface area contributed by atoms with Crippen LogP contribution < -0.4 is 0 Å². The van der Waals surface area contributed by atoms with Gasteiger partial charge in [0.25, 0.3) is 0 Å². The van der Waals surface area contributed by atoms with E-state index in [4.69, 9.17) is 46.4 Å². The second kappa shape index (κ2) is 3.59. The second-order valence-corrected chi connectivity index (χ2v) is 4.81. The first-order chi connectivity index (χ1) is 5.41. The first-order valence-corrected chi connectivity index (χ1v) is 4.44. The van der Waals surface area contributed by atoms with Crippen molar-refractivity contribution < 1.29 is 4.39 Å². The van der Waals surface area contributed by atoms with Crippen LogP contribution in [0.25, 0.3) is 0 Å². The predicted molar refractivity (Wildman–Crippen MR) is 50.6 cm³/mol. The Morgan fingerprint density at radius 1 is 1.17 bits per heavy atom. The first-order valence-electron chi connectivity index (χ1n) is 2.93. The molecule has 0 aromatic heterocycles. The molecule has 0 atom stereocenters. The number of rotatable bonds is 0. The molecule has 0 amide bonds. The zero-order valence-electron chi connectivity index (χ0n) is 5.62. The van der Waals surface area contributed by atoms with Crippen LogP contribution in [0, 0.1) is 5.82 Å². The van der Waals surface area contributed by atoms with Crippen molar-refractivity contribution in [3.05, 3.63) is 34.6 Å². The standard InChI is InChI=1S/C7H3Cl4F/c8-6-2-1-4(12)3-5(6)7(9,10)11/h1-3H. The lowest BCUT2D eigenvalue weighted by atomic mass is 10.2. The van der Waals surface area contributed by atoms with Gasteiger partial charge in [0, 0.05) is 10.6 Å². The van der Waals surface area contributed by atoms with Gasteiger partial charge in [-0.05, 0) is 18.2 Å². The molecule has 0 nitrogen and oxygen atoms in total. The van der Waals surface area contributed by atoms with E-state index in [-0.39, 0.29) is 10.6 Å². The van der Waals surface area contributed by atoms with Crippen LogP contribution in [-0.2, 0) is 3.79 Å². The van der Waals surface area contributed by atoms with Crippen molar-refractivity contribution in [2.75, 3.05) is 0 Å². The Balaban J connectivity index is 3.23. The monoisotopic (exact) mass is 246 g/mol. The lowest BCUT2D eigenvalue weighted by Gasteiger charge is -2.12. The summed E-state index contributed by atoms with van der Waals surface area (Å²) in [5, 5.41) is 0.233. The Labute approximate surface area is 89.2 Å². The maximum Gasteiger partial charge on any atom is 0.217 e. The molecule has 0 bridgehead atoms. The third kappa shape index (κ3) is 2.40. The fraction of sp³-hybridized carbons (Fsp3) is 0.143. The van der Waals surface area contributed by atoms with Gasteiger partial charge in [-0.1, -0.05) is 46.4 Å². The van der Waals surface area contributed by atoms with Crippen LogP contribution in [-0.4, -0.2) is 0 Å². The fourth-order valence-corrected chi connectivity index (χ4v) is 1.59. The summed E-state index contributed by atoms with van der Waals surface area (Å²) in [6.07, 6.45) is 0. The van der Waals surface area contributed by atoms with Crippen LogP contribution in [0.3, 0.4) is 0 Å². The summed E-state index contributed by atoms with van der Waals surface area (Å²) in [7, 11) is 0. The minimum Gasteiger partial charge on any atom is -0.207 e. The molecule has 0 fully saturated rings. The van der Waals surface area contributed by atoms with Gasteiger partial charge in [0.15, 0.2) is 0 Å². The van der Waals surface area contributed by atoms with E-state index in [1.54, 1.807) is 0 Å². The molecule has 0 spiro atoms. The van der Waals surface area contributed by atoms with E-state index in [9.17, 15) is 4.39 Å². The van der Waals surface area contributed by atoms with Crippen molar-refractivity contribution in [1.82, 2.24) is 0 Å². The van der Waals surface area contributed by atoms with E-state index in [2.05, 4.69) is 0 Å². The molecule has 0 heterocycles. The van der Waals surface area contributed by atoms with Crippen LogP contribution in [0.1, 0.15) is 5.56 Å². The molecular formula is C7H3Cl4F. The Morgan fingerprint density at radius 3 is 2.17 bits per heavy atom. The quantitative estimate of drug-likeness (QED) is 0.600. The van der Waals surface area contributed by atoms with Gasteiger partial charge in [0.2, 0.25) is 3.79 Å². The van der Waals surface area contributed by atoms with Crippen molar-refractivity contribution in [2.24, 2.45) is 0 Å². The highest BCUT2D eigenvalue weighted by molar-refractivity contribution is 6.67. The topological polar surface area (TPSA) is 0 Å². The van der Waals surface area contributed by atoms with Gasteiger partial charge in [-0.2, -0.15) is 0 Å². The highest BCUT2D eigenvalue weighted by atomic mass is 35.6. The molecule has 5 heteroatoms. The number of benzene rings is 1. The molecule has 0 aliphatic carbocycles. The average Bonchev–Trinajstić information content (AvgIpc) is 1.92. The highest BCUT2D eigenvalue weighted by Crippen LogP contribution is 2.41. The van der Waals surface area contributed by atoms with Crippen molar-refractivity contribution in [2.45, 2.75) is 3.79 Å². The molecule has 0 aliphatic rings. The van der Waals surface area contributed by atoms with E-state index >= 15 is 0 Å². The number of hydrogen-bond donors (Lipinski definition) is 0. The Kier molecular flexibility index (Phi) is 3.11. The Hall–Kier alpha value is 0.310. The summed E-state index contributed by atoms with van der Waals surface area (Å²) in [6, 6.07) is 3.63. The maximum atomic E-state index is 12.6. The summed E-state index contributed by atoms with van der Waals surface area (Å²) in [5.74, 6) is -0.485. The predicted octanol–water partition coefficient (Wildman–Crippen LogP) is 4.31. The minimum absolute atomic E-state index is 0.147. The van der Waals surface area contributed by atoms with Crippen LogP contribution in [0.2, 0.25) is 5.02 Å². The Morgan fingerprint density at radius 2 is 1.75 bits per heavy atom. The molecule has 12 heavy (non-hydrogen) atoms. The largest absolute Gasteiger partial charge is 0.217 e. The fourth-order valence-electron chi connectivity index (χ4n) is 0.715. The average molecular weight is 248 g/mol. The first kappa shape index (κ1) is 10.4. The van der Waals surface area contributed by atoms with Gasteiger partial charge in [-0.25, -0.2) is 4.39 Å². The molecule has 1 aromatic carbocycles. The van der Waals surface area contributed by atoms with Gasteiger partial charge < -0.3 is 0 Å². The number of alkyl halides is 3. The molecule has 0 aliphatic heterocycles. The normalized spacial score (nSPS) is 11.8. The van der Waals surface area contributed by atoms with Gasteiger partial charge in [0.05, 0.1) is 0 Å². The van der Waals surface area contributed by atoms with E-state index < -0.39 is 9.61 Å². The van der Waals surface area contributed by atoms with Crippen molar-refractivity contribution in [3.8, 4) is 0 Å². The second-order valence-electron chi connectivity index (χ2n) is 2.12. The van der Waals surface area contributed by atoms with Crippen LogP contribution >= 0.6 is 46.4 Å². The molecular weight excluding hydrogens is 245 g/mol. The van der Waals surface area contributed by atoms with Crippen LogP contribution in [0.5, 0.6) is 0 Å². The third-order valence-electron chi connectivity index (χ3n) is 1.23. The van der Waals surface area contributed by atoms with Gasteiger partial charge >= 0.3 is 0 Å². The zero-order valence-corrected chi connectivity index (χ0v) is 8.65. The maximum absolute atomic E-state index is 12.6. The molecule has 0 radical (unpaired) electrons. The third-order valence-corrected chi connectivity index (χ3v) is 2.17. The van der Waals surface area contributed by atoms with Gasteiger partial charge in [0.1, 0.15) is 5.82 Å². The lowest BCUT2D eigenvalue weighted by Crippen LogP contribution is -2.01. The number of halogens is 5. The molecule has 0 unspecified atom stereocenters. The van der Waals surface area contributed by atoms with Gasteiger partial charge in [-0.15, -0.1) is 0 Å². The SMILES string of the molecule is Fc1ccc(Cl)c(C(Cl)(Cl)Cl)c1. The van der Waals surface area contributed by atoms with E-state index in [0.717, 1.165) is 6.07 Å². The molecule has 0 N–H and O–H groups in total. The van der Waals surface area contributed by atoms with Crippen molar-refractivity contribution in [3.63, 3.8) is 0 Å². The molecule has 0 saturated heterocycles. The highest BCUT2D eigenvalue weighted by Gasteiger charge is 2.25. The van der Waals surface area contributed by atoms with E-state index in [0.29, 0.717) is 0 Å². The molecule has 0 saturated carbocycles. The van der Waals surface area contributed by atoms with Crippen molar-refractivity contribution >= 4 is 46.4 Å². The van der Waals surface area contributed by atoms with Gasteiger partial charge in [-0.3, -0.25) is 0 Å². The summed E-state index contributed by atoms with van der Waals surface area (Å²) in [5.41, 5.74) is 0.147. The van der Waals surface area contributed by atoms with E-state index in [1.165, 1.54) is 12.1 Å².